The zero-order valence-corrected chi connectivity index (χ0v) is 10.8. The van der Waals surface area contributed by atoms with Crippen LogP contribution in [0.1, 0.15) is 27.2 Å². The molecule has 1 aromatic rings. The molecule has 1 amide bonds. The number of nitrogens with zero attached hydrogens (tertiary/aromatic N) is 1. The van der Waals surface area contributed by atoms with Crippen molar-refractivity contribution in [2.45, 2.75) is 27.2 Å². The van der Waals surface area contributed by atoms with Gasteiger partial charge in [-0.2, -0.15) is 0 Å². The van der Waals surface area contributed by atoms with Crippen LogP contribution in [0.5, 0.6) is 5.75 Å². The van der Waals surface area contributed by atoms with Gasteiger partial charge in [0.05, 0.1) is 0 Å². The number of carbonyl (C=O) groups is 1. The van der Waals surface area contributed by atoms with Crippen LogP contribution >= 0.6 is 0 Å². The number of amides is 1. The van der Waals surface area contributed by atoms with E-state index < -0.39 is 0 Å². The molecule has 3 nitrogen and oxygen atoms in total. The highest BCUT2D eigenvalue weighted by Gasteiger charge is 2.15. The molecule has 0 saturated carbocycles. The largest absolute Gasteiger partial charge is 0.415 e. The Morgan fingerprint density at radius 2 is 1.94 bits per heavy atom. The van der Waals surface area contributed by atoms with Crippen LogP contribution in [-0.4, -0.2) is 24.1 Å². The average Bonchev–Trinajstić information content (AvgIpc) is 2.36. The van der Waals surface area contributed by atoms with Crippen molar-refractivity contribution in [1.82, 2.24) is 4.90 Å². The highest BCUT2D eigenvalue weighted by Crippen LogP contribution is 2.11. The summed E-state index contributed by atoms with van der Waals surface area (Å²) < 4.78 is 5.30. The molecule has 0 aliphatic rings. The van der Waals surface area contributed by atoms with Gasteiger partial charge in [-0.1, -0.05) is 38.5 Å². The fourth-order valence-electron chi connectivity index (χ4n) is 1.49. The minimum atomic E-state index is -0.265. The van der Waals surface area contributed by atoms with Crippen LogP contribution in [0, 0.1) is 5.92 Å². The molecule has 3 heteroatoms. The maximum atomic E-state index is 11.9. The predicted octanol–water partition coefficient (Wildman–Crippen LogP) is 3.55. The van der Waals surface area contributed by atoms with Crippen LogP contribution in [0.4, 0.5) is 4.79 Å². The minimum absolute atomic E-state index is 0.265. The molecule has 94 valence electrons. The Balaban J connectivity index is 2.55. The second kappa shape index (κ2) is 6.94. The molecule has 0 heterocycles. The van der Waals surface area contributed by atoms with Gasteiger partial charge in [0.1, 0.15) is 5.75 Å². The van der Waals surface area contributed by atoms with E-state index in [9.17, 15) is 4.79 Å². The lowest BCUT2D eigenvalue weighted by Crippen LogP contribution is -2.36. The molecular weight excluding hydrogens is 214 g/mol. The van der Waals surface area contributed by atoms with E-state index in [1.165, 1.54) is 0 Å². The first kappa shape index (κ1) is 13.6. The third-order valence-corrected chi connectivity index (χ3v) is 2.82. The normalized spacial score (nSPS) is 11.9. The summed E-state index contributed by atoms with van der Waals surface area (Å²) in [5.41, 5.74) is 0. The van der Waals surface area contributed by atoms with Crippen molar-refractivity contribution in [2.24, 2.45) is 5.92 Å². The molecule has 0 bridgehead atoms. The van der Waals surface area contributed by atoms with Crippen LogP contribution in [0.2, 0.25) is 0 Å². The van der Waals surface area contributed by atoms with Crippen molar-refractivity contribution >= 4 is 6.09 Å². The number of para-hydroxylation sites is 1. The number of ether oxygens (including phenoxy) is 1. The molecule has 17 heavy (non-hydrogen) atoms. The van der Waals surface area contributed by atoms with Gasteiger partial charge in [0.15, 0.2) is 0 Å². The molecule has 0 radical (unpaired) electrons. The van der Waals surface area contributed by atoms with Crippen LogP contribution in [0.3, 0.4) is 0 Å². The van der Waals surface area contributed by atoms with Crippen molar-refractivity contribution in [3.8, 4) is 5.75 Å². The van der Waals surface area contributed by atoms with E-state index in [1.807, 2.05) is 25.1 Å². The molecule has 0 N–H and O–H groups in total. The molecule has 0 saturated heterocycles. The van der Waals surface area contributed by atoms with E-state index in [4.69, 9.17) is 4.74 Å². The molecule has 1 unspecified atom stereocenters. The van der Waals surface area contributed by atoms with Gasteiger partial charge in [-0.05, 0) is 25.0 Å². The van der Waals surface area contributed by atoms with Crippen molar-refractivity contribution in [3.63, 3.8) is 0 Å². The van der Waals surface area contributed by atoms with Crippen LogP contribution in [0.15, 0.2) is 30.3 Å². The monoisotopic (exact) mass is 235 g/mol. The maximum absolute atomic E-state index is 11.9. The summed E-state index contributed by atoms with van der Waals surface area (Å²) in [6.45, 7) is 7.66. The summed E-state index contributed by atoms with van der Waals surface area (Å²) in [4.78, 5) is 13.6. The van der Waals surface area contributed by atoms with Crippen LogP contribution in [-0.2, 0) is 0 Å². The van der Waals surface area contributed by atoms with Crippen molar-refractivity contribution in [2.75, 3.05) is 13.1 Å². The second-order valence-corrected chi connectivity index (χ2v) is 4.23. The highest BCUT2D eigenvalue weighted by atomic mass is 16.6. The first-order valence-electron chi connectivity index (χ1n) is 6.19. The summed E-state index contributed by atoms with van der Waals surface area (Å²) in [5.74, 6) is 1.10. The molecular formula is C14H21NO2. The lowest BCUT2D eigenvalue weighted by molar-refractivity contribution is 0.147. The number of benzene rings is 1. The van der Waals surface area contributed by atoms with E-state index in [1.54, 1.807) is 17.0 Å². The van der Waals surface area contributed by atoms with Crippen molar-refractivity contribution in [3.05, 3.63) is 30.3 Å². The van der Waals surface area contributed by atoms with Crippen molar-refractivity contribution < 1.29 is 9.53 Å². The van der Waals surface area contributed by atoms with Gasteiger partial charge in [-0.15, -0.1) is 0 Å². The maximum Gasteiger partial charge on any atom is 0.415 e. The van der Waals surface area contributed by atoms with E-state index in [-0.39, 0.29) is 6.09 Å². The third kappa shape index (κ3) is 4.47. The summed E-state index contributed by atoms with van der Waals surface area (Å²) in [6.07, 6.45) is 0.800. The number of carbonyl (C=O) groups excluding carboxylic acids is 1. The Morgan fingerprint density at radius 1 is 1.29 bits per heavy atom. The fraction of sp³-hybridized carbons (Fsp3) is 0.500. The fourth-order valence-corrected chi connectivity index (χ4v) is 1.49. The van der Waals surface area contributed by atoms with Crippen molar-refractivity contribution in [1.29, 1.82) is 0 Å². The first-order valence-corrected chi connectivity index (χ1v) is 6.19. The molecule has 0 aliphatic carbocycles. The van der Waals surface area contributed by atoms with Gasteiger partial charge >= 0.3 is 6.09 Å². The first-order chi connectivity index (χ1) is 8.17. The van der Waals surface area contributed by atoms with E-state index in [0.29, 0.717) is 18.2 Å². The van der Waals surface area contributed by atoms with Crippen LogP contribution < -0.4 is 4.74 Å². The number of hydrogen-bond acceptors (Lipinski definition) is 2. The third-order valence-electron chi connectivity index (χ3n) is 2.82. The Bertz CT molecular complexity index is 337. The van der Waals surface area contributed by atoms with E-state index in [0.717, 1.165) is 13.0 Å². The Labute approximate surface area is 103 Å². The molecule has 0 spiro atoms. The minimum Gasteiger partial charge on any atom is -0.410 e. The van der Waals surface area contributed by atoms with Crippen LogP contribution in [0.25, 0.3) is 0 Å². The van der Waals surface area contributed by atoms with Gasteiger partial charge in [0.2, 0.25) is 0 Å². The van der Waals surface area contributed by atoms with Gasteiger partial charge in [-0.25, -0.2) is 4.79 Å². The van der Waals surface area contributed by atoms with E-state index in [2.05, 4.69) is 13.8 Å². The second-order valence-electron chi connectivity index (χ2n) is 4.23. The molecule has 0 aliphatic heterocycles. The lowest BCUT2D eigenvalue weighted by atomic mass is 10.1. The smallest absolute Gasteiger partial charge is 0.410 e. The molecule has 0 aromatic heterocycles. The van der Waals surface area contributed by atoms with Gasteiger partial charge in [-0.3, -0.25) is 0 Å². The Hall–Kier alpha value is -1.51. The summed E-state index contributed by atoms with van der Waals surface area (Å²) in [5, 5.41) is 0. The Morgan fingerprint density at radius 3 is 2.47 bits per heavy atom. The molecule has 0 fully saturated rings. The summed E-state index contributed by atoms with van der Waals surface area (Å²) in [6, 6.07) is 9.18. The quantitative estimate of drug-likeness (QED) is 0.781. The predicted molar refractivity (Wildman–Crippen MR) is 69.2 cm³/mol. The zero-order chi connectivity index (χ0) is 12.7. The topological polar surface area (TPSA) is 29.5 Å². The summed E-state index contributed by atoms with van der Waals surface area (Å²) in [7, 11) is 0. The molecule has 1 atom stereocenters. The van der Waals surface area contributed by atoms with Gasteiger partial charge in [0, 0.05) is 13.1 Å². The van der Waals surface area contributed by atoms with Gasteiger partial charge in [0.25, 0.3) is 0 Å². The molecule has 1 aromatic carbocycles. The standard InChI is InChI=1S/C14H21NO2/c1-4-12(3)11-15(5-2)14(16)17-13-9-7-6-8-10-13/h6-10,12H,4-5,11H2,1-3H3. The number of rotatable bonds is 5. The summed E-state index contributed by atoms with van der Waals surface area (Å²) >= 11 is 0. The highest BCUT2D eigenvalue weighted by molar-refractivity contribution is 5.70. The van der Waals surface area contributed by atoms with Gasteiger partial charge < -0.3 is 9.64 Å². The number of hydrogen-bond donors (Lipinski definition) is 0. The zero-order valence-electron chi connectivity index (χ0n) is 10.8. The lowest BCUT2D eigenvalue weighted by Gasteiger charge is -2.23. The van der Waals surface area contributed by atoms with E-state index >= 15 is 0 Å². The Kier molecular flexibility index (Phi) is 5.53. The SMILES string of the molecule is CCC(C)CN(CC)C(=O)Oc1ccccc1. The average molecular weight is 235 g/mol. The molecule has 1 rings (SSSR count).